The number of amides is 2. The Morgan fingerprint density at radius 1 is 1.25 bits per heavy atom. The summed E-state index contributed by atoms with van der Waals surface area (Å²) in [6, 6.07) is -1.01. The van der Waals surface area contributed by atoms with E-state index in [9.17, 15) is 14.4 Å². The lowest BCUT2D eigenvalue weighted by Gasteiger charge is -2.21. The van der Waals surface area contributed by atoms with Gasteiger partial charge in [0.2, 0.25) is 5.91 Å². The van der Waals surface area contributed by atoms with Crippen LogP contribution in [0.2, 0.25) is 0 Å². The van der Waals surface area contributed by atoms with E-state index in [1.807, 2.05) is 0 Å². The van der Waals surface area contributed by atoms with E-state index in [0.717, 1.165) is 0 Å². The van der Waals surface area contributed by atoms with Crippen molar-refractivity contribution in [3.63, 3.8) is 0 Å². The Labute approximate surface area is 150 Å². The number of hydrogen-bond donors (Lipinski definition) is 3. The van der Waals surface area contributed by atoms with Gasteiger partial charge < -0.3 is 20.5 Å². The maximum atomic E-state index is 11.6. The molecule has 0 aliphatic carbocycles. The highest BCUT2D eigenvalue weighted by Gasteiger charge is 2.23. The predicted molar refractivity (Wildman–Crippen MR) is 96.8 cm³/mol. The van der Waals surface area contributed by atoms with Crippen LogP contribution in [0.5, 0.6) is 0 Å². The molecule has 0 fully saturated rings. The van der Waals surface area contributed by atoms with Crippen LogP contribution in [-0.4, -0.2) is 52.8 Å². The molecule has 0 aromatic rings. The van der Waals surface area contributed by atoms with Crippen LogP contribution in [0, 0.1) is 12.3 Å². The Hall–Kier alpha value is -1.53. The van der Waals surface area contributed by atoms with Gasteiger partial charge in [0.05, 0.1) is 6.54 Å². The zero-order valence-corrected chi connectivity index (χ0v) is 15.7. The second kappa shape index (κ2) is 11.9. The number of hydrogen-bond acceptors (Lipinski definition) is 6. The maximum Gasteiger partial charge on any atom is 0.408 e. The monoisotopic (exact) mass is 376 g/mol. The highest BCUT2D eigenvalue weighted by Crippen LogP contribution is 2.23. The van der Waals surface area contributed by atoms with Gasteiger partial charge in [-0.1, -0.05) is 27.5 Å². The standard InChI is InChI=1S/C15H24N2O5S2/c1-5-8-16-12(18)7-10-24-23-9-6-11(13(19)20)17-14(21)22-15(2,3)4/h1,11H,6-10H2,2-4H3,(H,16,18)(H,17,21)(H,19,20)/t11-/m0/s1. The summed E-state index contributed by atoms with van der Waals surface area (Å²) in [7, 11) is 2.91. The third kappa shape index (κ3) is 13.0. The zero-order chi connectivity index (χ0) is 18.6. The Bertz CT molecular complexity index is 471. The van der Waals surface area contributed by atoms with Gasteiger partial charge in [-0.05, 0) is 27.2 Å². The molecule has 0 saturated heterocycles. The fourth-order valence-corrected chi connectivity index (χ4v) is 3.45. The molecule has 9 heteroatoms. The first-order chi connectivity index (χ1) is 11.2. The Morgan fingerprint density at radius 3 is 2.42 bits per heavy atom. The molecule has 0 aliphatic heterocycles. The predicted octanol–water partition coefficient (Wildman–Crippen LogP) is 1.88. The normalized spacial score (nSPS) is 11.9. The smallest absolute Gasteiger partial charge is 0.408 e. The van der Waals surface area contributed by atoms with Gasteiger partial charge in [-0.2, -0.15) is 0 Å². The van der Waals surface area contributed by atoms with E-state index in [2.05, 4.69) is 16.6 Å². The van der Waals surface area contributed by atoms with E-state index < -0.39 is 23.7 Å². The Kier molecular flexibility index (Phi) is 11.2. The number of carboxylic acids is 1. The molecule has 1 atom stereocenters. The molecule has 3 N–H and O–H groups in total. The molecular formula is C15H24N2O5S2. The van der Waals surface area contributed by atoms with E-state index >= 15 is 0 Å². The second-order valence-corrected chi connectivity index (χ2v) is 8.40. The third-order valence-electron chi connectivity index (χ3n) is 2.36. The van der Waals surface area contributed by atoms with Crippen LogP contribution in [-0.2, 0) is 14.3 Å². The SMILES string of the molecule is C#CCNC(=O)CCSSCC[C@H](NC(=O)OC(C)(C)C)C(=O)O. The molecule has 0 aromatic heterocycles. The number of carboxylic acid groups (broad SMARTS) is 1. The summed E-state index contributed by atoms with van der Waals surface area (Å²) >= 11 is 0. The summed E-state index contributed by atoms with van der Waals surface area (Å²) in [4.78, 5) is 34.1. The first-order valence-electron chi connectivity index (χ1n) is 7.32. The van der Waals surface area contributed by atoms with Gasteiger partial charge in [0.15, 0.2) is 0 Å². The van der Waals surface area contributed by atoms with Crippen molar-refractivity contribution < 1.29 is 24.2 Å². The van der Waals surface area contributed by atoms with Crippen LogP contribution in [0.25, 0.3) is 0 Å². The number of aliphatic carboxylic acids is 1. The minimum Gasteiger partial charge on any atom is -0.480 e. The van der Waals surface area contributed by atoms with Gasteiger partial charge in [0.1, 0.15) is 11.6 Å². The maximum absolute atomic E-state index is 11.6. The van der Waals surface area contributed by atoms with Crippen LogP contribution >= 0.6 is 21.6 Å². The molecule has 0 rings (SSSR count). The summed E-state index contributed by atoms with van der Waals surface area (Å²) in [5.74, 6) is 2.20. The van der Waals surface area contributed by atoms with E-state index in [1.165, 1.54) is 21.6 Å². The molecule has 24 heavy (non-hydrogen) atoms. The van der Waals surface area contributed by atoms with E-state index in [4.69, 9.17) is 16.3 Å². The molecule has 0 bridgehead atoms. The van der Waals surface area contributed by atoms with Gasteiger partial charge in [-0.25, -0.2) is 9.59 Å². The molecule has 0 aliphatic rings. The van der Waals surface area contributed by atoms with Crippen molar-refractivity contribution >= 4 is 39.6 Å². The average molecular weight is 377 g/mol. The fourth-order valence-electron chi connectivity index (χ4n) is 1.36. The van der Waals surface area contributed by atoms with Crippen molar-refractivity contribution in [3.8, 4) is 12.3 Å². The van der Waals surface area contributed by atoms with Crippen molar-refractivity contribution in [2.24, 2.45) is 0 Å². The molecule has 2 amide bonds. The zero-order valence-electron chi connectivity index (χ0n) is 14.1. The van der Waals surface area contributed by atoms with Gasteiger partial charge in [-0.15, -0.1) is 6.42 Å². The van der Waals surface area contributed by atoms with Crippen molar-refractivity contribution in [3.05, 3.63) is 0 Å². The van der Waals surface area contributed by atoms with Gasteiger partial charge in [-0.3, -0.25) is 4.79 Å². The lowest BCUT2D eigenvalue weighted by Crippen LogP contribution is -2.43. The van der Waals surface area contributed by atoms with Crippen LogP contribution < -0.4 is 10.6 Å². The molecule has 0 heterocycles. The van der Waals surface area contributed by atoms with Crippen LogP contribution in [0.3, 0.4) is 0 Å². The number of carbonyl (C=O) groups excluding carboxylic acids is 2. The Balaban J connectivity index is 3.95. The molecule has 7 nitrogen and oxygen atoms in total. The molecule has 136 valence electrons. The summed E-state index contributed by atoms with van der Waals surface area (Å²) < 4.78 is 5.04. The minimum absolute atomic E-state index is 0.115. The van der Waals surface area contributed by atoms with Crippen LogP contribution in [0.15, 0.2) is 0 Å². The van der Waals surface area contributed by atoms with Crippen molar-refractivity contribution in [1.82, 2.24) is 10.6 Å². The van der Waals surface area contributed by atoms with Gasteiger partial charge in [0.25, 0.3) is 0 Å². The van der Waals surface area contributed by atoms with Crippen molar-refractivity contribution in [2.75, 3.05) is 18.1 Å². The van der Waals surface area contributed by atoms with E-state index in [1.54, 1.807) is 20.8 Å². The first-order valence-corrected chi connectivity index (χ1v) is 9.81. The molecule has 0 spiro atoms. The van der Waals surface area contributed by atoms with E-state index in [-0.39, 0.29) is 18.9 Å². The molecule has 0 radical (unpaired) electrons. The largest absolute Gasteiger partial charge is 0.480 e. The number of carbonyl (C=O) groups is 3. The lowest BCUT2D eigenvalue weighted by atomic mass is 10.2. The van der Waals surface area contributed by atoms with E-state index in [0.29, 0.717) is 17.9 Å². The third-order valence-corrected chi connectivity index (χ3v) is 4.80. The summed E-state index contributed by atoms with van der Waals surface area (Å²) in [5.41, 5.74) is -0.683. The molecular weight excluding hydrogens is 352 g/mol. The number of rotatable bonds is 10. The number of nitrogens with one attached hydrogen (secondary N) is 2. The second-order valence-electron chi connectivity index (χ2n) is 5.70. The topological polar surface area (TPSA) is 105 Å². The summed E-state index contributed by atoms with van der Waals surface area (Å²) in [6.07, 6.45) is 4.88. The van der Waals surface area contributed by atoms with Gasteiger partial charge >= 0.3 is 12.1 Å². The lowest BCUT2D eigenvalue weighted by molar-refractivity contribution is -0.139. The molecule has 0 saturated carbocycles. The van der Waals surface area contributed by atoms with Crippen molar-refractivity contribution in [1.29, 1.82) is 0 Å². The van der Waals surface area contributed by atoms with Gasteiger partial charge in [0, 0.05) is 17.9 Å². The number of ether oxygens (including phenoxy) is 1. The van der Waals surface area contributed by atoms with Crippen molar-refractivity contribution in [2.45, 2.75) is 45.3 Å². The summed E-state index contributed by atoms with van der Waals surface area (Å²) in [6.45, 7) is 5.32. The number of terminal acetylenes is 1. The highest BCUT2D eigenvalue weighted by atomic mass is 33.1. The Morgan fingerprint density at radius 2 is 1.88 bits per heavy atom. The average Bonchev–Trinajstić information content (AvgIpc) is 2.45. The molecule has 0 aromatic carbocycles. The highest BCUT2D eigenvalue weighted by molar-refractivity contribution is 8.76. The fraction of sp³-hybridized carbons (Fsp3) is 0.667. The number of alkyl carbamates (subject to hydrolysis) is 1. The first kappa shape index (κ1) is 22.5. The molecule has 0 unspecified atom stereocenters. The van der Waals surface area contributed by atoms with Crippen LogP contribution in [0.1, 0.15) is 33.6 Å². The van der Waals surface area contributed by atoms with Crippen LogP contribution in [0.4, 0.5) is 4.79 Å². The minimum atomic E-state index is -1.11. The quantitative estimate of drug-likeness (QED) is 0.304. The summed E-state index contributed by atoms with van der Waals surface area (Å²) in [5, 5.41) is 14.0.